The van der Waals surface area contributed by atoms with Crippen molar-refractivity contribution >= 4 is 0 Å². The van der Waals surface area contributed by atoms with Crippen molar-refractivity contribution in [2.24, 2.45) is 13.0 Å². The third-order valence-electron chi connectivity index (χ3n) is 3.88. The molecule has 0 bridgehead atoms. The summed E-state index contributed by atoms with van der Waals surface area (Å²) in [6, 6.07) is 11.5. The maximum Gasteiger partial charge on any atom is 0.184 e. The zero-order chi connectivity index (χ0) is 15.2. The van der Waals surface area contributed by atoms with Crippen molar-refractivity contribution in [3.05, 3.63) is 53.9 Å². The van der Waals surface area contributed by atoms with Crippen molar-refractivity contribution in [3.63, 3.8) is 0 Å². The third kappa shape index (κ3) is 2.05. The molecule has 0 spiro atoms. The van der Waals surface area contributed by atoms with Gasteiger partial charge >= 0.3 is 0 Å². The zero-order valence-corrected chi connectivity index (χ0v) is 10.9. The second-order valence-electron chi connectivity index (χ2n) is 5.35. The van der Waals surface area contributed by atoms with Gasteiger partial charge in [-0.3, -0.25) is 0 Å². The normalized spacial score (nSPS) is 25.1. The maximum atomic E-state index is 7.41. The molecule has 0 aliphatic heterocycles. The van der Waals surface area contributed by atoms with Gasteiger partial charge in [-0.25, -0.2) is 4.57 Å². The minimum atomic E-state index is -2.03. The van der Waals surface area contributed by atoms with E-state index in [-0.39, 0.29) is 0 Å². The Morgan fingerprint density at radius 3 is 2.33 bits per heavy atom. The van der Waals surface area contributed by atoms with Gasteiger partial charge in [0, 0.05) is 21.7 Å². The Morgan fingerprint density at radius 1 is 1.11 bits per heavy atom. The Labute approximate surface area is 113 Å². The SMILES string of the molecule is [2H]C([2H])([2H])c1ccc(-c2ccc(C3C[C@H]3C)[n+](C)c2)cc1. The van der Waals surface area contributed by atoms with Gasteiger partial charge in [0.1, 0.15) is 7.05 Å². The Hall–Kier alpha value is -1.63. The fourth-order valence-electron chi connectivity index (χ4n) is 2.57. The average Bonchev–Trinajstić information content (AvgIpc) is 3.14. The van der Waals surface area contributed by atoms with Gasteiger partial charge in [0.05, 0.1) is 0 Å². The van der Waals surface area contributed by atoms with Crippen molar-refractivity contribution in [2.75, 3.05) is 0 Å². The zero-order valence-electron chi connectivity index (χ0n) is 13.9. The van der Waals surface area contributed by atoms with Gasteiger partial charge in [-0.1, -0.05) is 36.8 Å². The van der Waals surface area contributed by atoms with Gasteiger partial charge in [-0.05, 0) is 30.8 Å². The van der Waals surface area contributed by atoms with E-state index in [0.717, 1.165) is 17.0 Å². The molecule has 1 aromatic carbocycles. The van der Waals surface area contributed by atoms with Gasteiger partial charge in [0.15, 0.2) is 11.9 Å². The first-order valence-corrected chi connectivity index (χ1v) is 6.47. The summed E-state index contributed by atoms with van der Waals surface area (Å²) in [4.78, 5) is 0. The van der Waals surface area contributed by atoms with Crippen LogP contribution in [0.1, 0.15) is 34.6 Å². The van der Waals surface area contributed by atoms with Crippen LogP contribution in [0.15, 0.2) is 42.6 Å². The van der Waals surface area contributed by atoms with E-state index in [4.69, 9.17) is 4.11 Å². The van der Waals surface area contributed by atoms with Crippen LogP contribution < -0.4 is 4.57 Å². The van der Waals surface area contributed by atoms with Crippen molar-refractivity contribution < 1.29 is 8.68 Å². The number of rotatable bonds is 2. The molecule has 1 aliphatic carbocycles. The maximum absolute atomic E-state index is 7.41. The highest BCUT2D eigenvalue weighted by Crippen LogP contribution is 2.45. The fraction of sp³-hybridized carbons (Fsp3) is 0.353. The molecule has 18 heavy (non-hydrogen) atoms. The summed E-state index contributed by atoms with van der Waals surface area (Å²) in [5.74, 6) is 1.49. The molecule has 1 heteroatoms. The van der Waals surface area contributed by atoms with Gasteiger partial charge in [0.25, 0.3) is 0 Å². The molecule has 1 fully saturated rings. The van der Waals surface area contributed by atoms with Crippen LogP contribution in [0, 0.1) is 12.8 Å². The largest absolute Gasteiger partial charge is 0.204 e. The molecule has 1 aliphatic rings. The molecule has 2 atom stereocenters. The summed E-state index contributed by atoms with van der Waals surface area (Å²) >= 11 is 0. The molecule has 0 amide bonds. The summed E-state index contributed by atoms with van der Waals surface area (Å²) in [6.45, 7) is 0.251. The summed E-state index contributed by atoms with van der Waals surface area (Å²) in [5, 5.41) is 0. The standard InChI is InChI=1S/C17H20N/c1-12-4-6-14(7-5-12)15-8-9-17(18(3)11-15)16-10-13(16)2/h4-9,11,13,16H,10H2,1-3H3/q+1/t13-,16?/m1/s1/i1D3. The number of aromatic nitrogens is 1. The number of benzene rings is 1. The van der Waals surface area contributed by atoms with Crippen LogP contribution in [0.3, 0.4) is 0 Å². The molecule has 0 saturated heterocycles. The monoisotopic (exact) mass is 241 g/mol. The molecular formula is C17H20N+. The lowest BCUT2D eigenvalue weighted by Gasteiger charge is -2.03. The number of aryl methyl sites for hydroxylation is 2. The predicted molar refractivity (Wildman–Crippen MR) is 74.3 cm³/mol. The van der Waals surface area contributed by atoms with E-state index < -0.39 is 6.85 Å². The lowest BCUT2D eigenvalue weighted by molar-refractivity contribution is -0.679. The minimum absolute atomic E-state index is 0.388. The van der Waals surface area contributed by atoms with Gasteiger partial charge in [0.2, 0.25) is 0 Å². The lowest BCUT2D eigenvalue weighted by atomic mass is 10.0. The summed E-state index contributed by atoms with van der Waals surface area (Å²) < 4.78 is 24.4. The molecule has 3 rings (SSSR count). The topological polar surface area (TPSA) is 3.88 Å². The third-order valence-corrected chi connectivity index (χ3v) is 3.88. The molecule has 1 heterocycles. The lowest BCUT2D eigenvalue weighted by Crippen LogP contribution is -2.33. The highest BCUT2D eigenvalue weighted by atomic mass is 14.9. The Balaban J connectivity index is 1.89. The van der Waals surface area contributed by atoms with Gasteiger partial charge in [-0.15, -0.1) is 0 Å². The Morgan fingerprint density at radius 2 is 1.78 bits per heavy atom. The number of nitrogens with zero attached hydrogens (tertiary/aromatic N) is 1. The first-order valence-electron chi connectivity index (χ1n) is 7.97. The van der Waals surface area contributed by atoms with Gasteiger partial charge < -0.3 is 0 Å². The van der Waals surface area contributed by atoms with Crippen molar-refractivity contribution in [2.45, 2.75) is 26.1 Å². The van der Waals surface area contributed by atoms with E-state index in [9.17, 15) is 0 Å². The van der Waals surface area contributed by atoms with Gasteiger partial charge in [-0.2, -0.15) is 0 Å². The molecule has 0 N–H and O–H groups in total. The van der Waals surface area contributed by atoms with Crippen LogP contribution in [0.4, 0.5) is 0 Å². The molecule has 1 unspecified atom stereocenters. The molecule has 92 valence electrons. The van der Waals surface area contributed by atoms with Crippen molar-refractivity contribution in [1.29, 1.82) is 0 Å². The van der Waals surface area contributed by atoms with Crippen LogP contribution in [0.25, 0.3) is 11.1 Å². The first-order chi connectivity index (χ1) is 9.86. The van der Waals surface area contributed by atoms with E-state index in [0.29, 0.717) is 11.5 Å². The van der Waals surface area contributed by atoms with Crippen molar-refractivity contribution in [3.8, 4) is 11.1 Å². The Bertz CT molecular complexity index is 659. The molecule has 0 radical (unpaired) electrons. The van der Waals surface area contributed by atoms with Crippen LogP contribution in [0.5, 0.6) is 0 Å². The second-order valence-corrected chi connectivity index (χ2v) is 5.35. The molecule has 2 aromatic rings. The summed E-state index contributed by atoms with van der Waals surface area (Å²) in [7, 11) is 2.08. The molecule has 1 nitrogen and oxygen atoms in total. The minimum Gasteiger partial charge on any atom is -0.204 e. The Kier molecular flexibility index (Phi) is 1.99. The second kappa shape index (κ2) is 4.24. The summed E-state index contributed by atoms with van der Waals surface area (Å²) in [5.41, 5.74) is 3.94. The van der Waals surface area contributed by atoms with Crippen LogP contribution in [-0.2, 0) is 7.05 Å². The first kappa shape index (κ1) is 8.47. The number of hydrogen-bond donors (Lipinski definition) is 0. The predicted octanol–water partition coefficient (Wildman–Crippen LogP) is 3.61. The van der Waals surface area contributed by atoms with Crippen LogP contribution >= 0.6 is 0 Å². The molecule has 1 aromatic heterocycles. The molecular weight excluding hydrogens is 218 g/mol. The van der Waals surface area contributed by atoms with E-state index in [1.165, 1.54) is 12.1 Å². The quantitative estimate of drug-likeness (QED) is 0.707. The number of pyridine rings is 1. The smallest absolute Gasteiger partial charge is 0.184 e. The highest BCUT2D eigenvalue weighted by Gasteiger charge is 2.39. The van der Waals surface area contributed by atoms with Crippen LogP contribution in [-0.4, -0.2) is 0 Å². The molecule has 1 saturated carbocycles. The average molecular weight is 241 g/mol. The highest BCUT2D eigenvalue weighted by molar-refractivity contribution is 5.62. The van der Waals surface area contributed by atoms with Crippen LogP contribution in [0.2, 0.25) is 0 Å². The summed E-state index contributed by atoms with van der Waals surface area (Å²) in [6.07, 6.45) is 3.41. The van der Waals surface area contributed by atoms with E-state index in [1.54, 1.807) is 12.1 Å². The van der Waals surface area contributed by atoms with Crippen molar-refractivity contribution in [1.82, 2.24) is 0 Å². The fourth-order valence-corrected chi connectivity index (χ4v) is 2.57. The van der Waals surface area contributed by atoms with E-state index in [2.05, 4.69) is 36.9 Å². The number of hydrogen-bond acceptors (Lipinski definition) is 0. The van der Waals surface area contributed by atoms with E-state index >= 15 is 0 Å². The van der Waals surface area contributed by atoms with E-state index in [1.807, 2.05) is 12.1 Å².